The summed E-state index contributed by atoms with van der Waals surface area (Å²) >= 11 is 0. The minimum Gasteiger partial charge on any atom is -0.345 e. The van der Waals surface area contributed by atoms with Gasteiger partial charge < -0.3 is 9.84 Å². The van der Waals surface area contributed by atoms with Crippen LogP contribution in [0.5, 0.6) is 0 Å². The van der Waals surface area contributed by atoms with Crippen molar-refractivity contribution in [3.8, 4) is 0 Å². The Kier molecular flexibility index (Phi) is 6.15. The molecule has 0 fully saturated rings. The van der Waals surface area contributed by atoms with Gasteiger partial charge in [-0.2, -0.15) is 0 Å². The van der Waals surface area contributed by atoms with Gasteiger partial charge >= 0.3 is 0 Å². The van der Waals surface area contributed by atoms with Crippen molar-refractivity contribution in [2.75, 3.05) is 20.7 Å². The van der Waals surface area contributed by atoms with E-state index in [4.69, 9.17) is 4.74 Å². The lowest BCUT2D eigenvalue weighted by molar-refractivity contribution is -0.968. The fourth-order valence-corrected chi connectivity index (χ4v) is 1.97. The standard InChI is InChI=1S/C15H24NO3/c1-4-14(18)16(2,3)15(12-17)19-11-10-13-8-6-5-7-9-13/h5-9,12,14-15,18H,4,10-11H2,1-3H3/q+1. The summed E-state index contributed by atoms with van der Waals surface area (Å²) in [7, 11) is 3.60. The average molecular weight is 266 g/mol. The number of aliphatic hydroxyl groups is 1. The van der Waals surface area contributed by atoms with E-state index < -0.39 is 12.5 Å². The van der Waals surface area contributed by atoms with E-state index >= 15 is 0 Å². The van der Waals surface area contributed by atoms with Gasteiger partial charge in [0, 0.05) is 6.42 Å². The van der Waals surface area contributed by atoms with Crippen LogP contribution in [0.2, 0.25) is 0 Å². The molecule has 4 nitrogen and oxygen atoms in total. The smallest absolute Gasteiger partial charge is 0.252 e. The number of aliphatic hydroxyl groups excluding tert-OH is 1. The Morgan fingerprint density at radius 1 is 1.32 bits per heavy atom. The summed E-state index contributed by atoms with van der Waals surface area (Å²) < 4.78 is 5.76. The molecule has 1 N–H and O–H groups in total. The summed E-state index contributed by atoms with van der Waals surface area (Å²) in [5, 5.41) is 9.94. The summed E-state index contributed by atoms with van der Waals surface area (Å²) in [6.45, 7) is 2.35. The fourth-order valence-electron chi connectivity index (χ4n) is 1.97. The molecule has 1 aromatic carbocycles. The molecule has 0 saturated heterocycles. The Morgan fingerprint density at radius 3 is 2.47 bits per heavy atom. The number of carbonyl (C=O) groups excluding carboxylic acids is 1. The molecule has 1 rings (SSSR count). The van der Waals surface area contributed by atoms with Crippen LogP contribution < -0.4 is 0 Å². The maximum absolute atomic E-state index is 11.2. The van der Waals surface area contributed by atoms with Crippen LogP contribution in [0.1, 0.15) is 18.9 Å². The highest BCUT2D eigenvalue weighted by atomic mass is 16.5. The lowest BCUT2D eigenvalue weighted by Gasteiger charge is -2.37. The Bertz CT molecular complexity index is 378. The van der Waals surface area contributed by atoms with Crippen LogP contribution in [0.3, 0.4) is 0 Å². The van der Waals surface area contributed by atoms with E-state index in [2.05, 4.69) is 0 Å². The number of nitrogens with zero attached hydrogens (tertiary/aromatic N) is 1. The Morgan fingerprint density at radius 2 is 1.95 bits per heavy atom. The monoisotopic (exact) mass is 266 g/mol. The van der Waals surface area contributed by atoms with Crippen molar-refractivity contribution in [1.82, 2.24) is 0 Å². The van der Waals surface area contributed by atoms with Crippen LogP contribution in [-0.2, 0) is 16.0 Å². The molecule has 0 saturated carbocycles. The molecule has 0 aromatic heterocycles. The van der Waals surface area contributed by atoms with Gasteiger partial charge in [0.2, 0.25) is 6.29 Å². The van der Waals surface area contributed by atoms with Gasteiger partial charge in [0.05, 0.1) is 20.7 Å². The first-order chi connectivity index (χ1) is 9.02. The molecule has 0 aliphatic rings. The van der Waals surface area contributed by atoms with E-state index in [1.807, 2.05) is 37.3 Å². The van der Waals surface area contributed by atoms with Crippen LogP contribution in [0.25, 0.3) is 0 Å². The predicted molar refractivity (Wildman–Crippen MR) is 74.4 cm³/mol. The fraction of sp³-hybridized carbons (Fsp3) is 0.533. The van der Waals surface area contributed by atoms with Crippen molar-refractivity contribution in [3.63, 3.8) is 0 Å². The summed E-state index contributed by atoms with van der Waals surface area (Å²) in [4.78, 5) is 11.2. The minimum atomic E-state index is -0.640. The number of hydrogen-bond donors (Lipinski definition) is 1. The third-order valence-electron chi connectivity index (χ3n) is 3.43. The van der Waals surface area contributed by atoms with E-state index in [1.54, 1.807) is 14.1 Å². The second-order valence-corrected chi connectivity index (χ2v) is 5.15. The van der Waals surface area contributed by atoms with Crippen molar-refractivity contribution >= 4 is 6.29 Å². The molecule has 2 unspecified atom stereocenters. The molecule has 0 heterocycles. The molecule has 0 bridgehead atoms. The van der Waals surface area contributed by atoms with Gasteiger partial charge in [-0.05, 0) is 12.0 Å². The normalized spacial score (nSPS) is 14.9. The van der Waals surface area contributed by atoms with Gasteiger partial charge in [-0.1, -0.05) is 37.3 Å². The highest BCUT2D eigenvalue weighted by molar-refractivity contribution is 5.53. The summed E-state index contributed by atoms with van der Waals surface area (Å²) in [6, 6.07) is 9.98. The quantitative estimate of drug-likeness (QED) is 0.441. The number of aldehydes is 1. The number of carbonyl (C=O) groups is 1. The molecular formula is C15H24NO3+. The van der Waals surface area contributed by atoms with Gasteiger partial charge in [-0.15, -0.1) is 0 Å². The topological polar surface area (TPSA) is 46.5 Å². The molecule has 0 spiro atoms. The number of quaternary nitrogens is 1. The number of rotatable bonds is 8. The molecular weight excluding hydrogens is 242 g/mol. The van der Waals surface area contributed by atoms with Crippen LogP contribution in [0.4, 0.5) is 0 Å². The highest BCUT2D eigenvalue weighted by Crippen LogP contribution is 2.14. The summed E-state index contributed by atoms with van der Waals surface area (Å²) in [5.74, 6) is 0. The highest BCUT2D eigenvalue weighted by Gasteiger charge is 2.34. The molecule has 0 aliphatic heterocycles. The summed E-state index contributed by atoms with van der Waals surface area (Å²) in [5.41, 5.74) is 1.17. The second-order valence-electron chi connectivity index (χ2n) is 5.15. The molecule has 4 heteroatoms. The third-order valence-corrected chi connectivity index (χ3v) is 3.43. The molecule has 0 amide bonds. The Balaban J connectivity index is 2.51. The summed E-state index contributed by atoms with van der Waals surface area (Å²) in [6.07, 6.45) is 0.863. The zero-order valence-electron chi connectivity index (χ0n) is 12.0. The first-order valence-electron chi connectivity index (χ1n) is 6.64. The Hall–Kier alpha value is -1.23. The van der Waals surface area contributed by atoms with Crippen LogP contribution in [-0.4, -0.2) is 49.0 Å². The minimum absolute atomic E-state index is 0.134. The SMILES string of the molecule is CCC(O)[N+](C)(C)C(C=O)OCCc1ccccc1. The van der Waals surface area contributed by atoms with Crippen molar-refractivity contribution < 1.29 is 19.1 Å². The van der Waals surface area contributed by atoms with Crippen molar-refractivity contribution in [3.05, 3.63) is 35.9 Å². The van der Waals surface area contributed by atoms with E-state index in [-0.39, 0.29) is 4.48 Å². The lowest BCUT2D eigenvalue weighted by atomic mass is 10.2. The van der Waals surface area contributed by atoms with Crippen molar-refractivity contribution in [2.45, 2.75) is 32.2 Å². The number of likely N-dealkylation sites (N-methyl/N-ethyl adjacent to an activating group) is 1. The van der Waals surface area contributed by atoms with Gasteiger partial charge in [0.25, 0.3) is 6.23 Å². The van der Waals surface area contributed by atoms with Crippen molar-refractivity contribution in [1.29, 1.82) is 0 Å². The van der Waals surface area contributed by atoms with Gasteiger partial charge in [0.15, 0.2) is 6.23 Å². The average Bonchev–Trinajstić information content (AvgIpc) is 2.43. The first-order valence-corrected chi connectivity index (χ1v) is 6.64. The predicted octanol–water partition coefficient (Wildman–Crippen LogP) is 1.58. The van der Waals surface area contributed by atoms with Crippen LogP contribution in [0.15, 0.2) is 30.3 Å². The first kappa shape index (κ1) is 15.8. The molecule has 19 heavy (non-hydrogen) atoms. The zero-order chi connectivity index (χ0) is 14.3. The zero-order valence-corrected chi connectivity index (χ0v) is 12.0. The van der Waals surface area contributed by atoms with E-state index in [0.29, 0.717) is 13.0 Å². The molecule has 0 aliphatic carbocycles. The number of benzene rings is 1. The maximum atomic E-state index is 11.2. The van der Waals surface area contributed by atoms with E-state index in [9.17, 15) is 9.90 Å². The van der Waals surface area contributed by atoms with Crippen molar-refractivity contribution in [2.24, 2.45) is 0 Å². The number of ether oxygens (including phenoxy) is 1. The van der Waals surface area contributed by atoms with Gasteiger partial charge in [-0.25, -0.2) is 0 Å². The van der Waals surface area contributed by atoms with Crippen LogP contribution >= 0.6 is 0 Å². The van der Waals surface area contributed by atoms with Gasteiger partial charge in [-0.3, -0.25) is 9.28 Å². The largest absolute Gasteiger partial charge is 0.345 e. The molecule has 0 radical (unpaired) electrons. The van der Waals surface area contributed by atoms with E-state index in [0.717, 1.165) is 12.7 Å². The third kappa shape index (κ3) is 4.42. The second kappa shape index (κ2) is 7.38. The van der Waals surface area contributed by atoms with Crippen LogP contribution in [0, 0.1) is 0 Å². The van der Waals surface area contributed by atoms with E-state index in [1.165, 1.54) is 5.56 Å². The molecule has 106 valence electrons. The maximum Gasteiger partial charge on any atom is 0.252 e. The molecule has 2 atom stereocenters. The lowest BCUT2D eigenvalue weighted by Crippen LogP contribution is -2.57. The Labute approximate surface area is 115 Å². The number of hydrogen-bond acceptors (Lipinski definition) is 3. The molecule has 1 aromatic rings. The van der Waals surface area contributed by atoms with Gasteiger partial charge in [0.1, 0.15) is 0 Å².